The summed E-state index contributed by atoms with van der Waals surface area (Å²) in [6, 6.07) is 0. The average molecular weight is 1130 g/mol. The number of esters is 3. The number of allylic oxidation sites excluding steroid dienone is 18. The highest BCUT2D eigenvalue weighted by Gasteiger charge is 2.19. The first kappa shape index (κ1) is 77.1. The van der Waals surface area contributed by atoms with Crippen LogP contribution in [0.5, 0.6) is 0 Å². The molecule has 6 heteroatoms. The van der Waals surface area contributed by atoms with Crippen molar-refractivity contribution in [3.8, 4) is 0 Å². The summed E-state index contributed by atoms with van der Waals surface area (Å²) in [7, 11) is 0. The lowest BCUT2D eigenvalue weighted by atomic mass is 10.0. The molecule has 0 bridgehead atoms. The topological polar surface area (TPSA) is 78.9 Å². The summed E-state index contributed by atoms with van der Waals surface area (Å²) in [6.45, 7) is 6.42. The zero-order chi connectivity index (χ0) is 58.5. The SMILES string of the molecule is CC/C=C\C/C=C\C/C=C\C/C=C\C/C=C\C/C=C\CCCCCCCCCCCCCCCCCCC(=O)OCC(COC(=O)CCCCC/C=C\C/C=C\C/C=C\CC)OC(=O)CCCCCCCCCCCCCCCCC. The van der Waals surface area contributed by atoms with E-state index in [1.807, 2.05) is 0 Å². The summed E-state index contributed by atoms with van der Waals surface area (Å²) in [6.07, 6.45) is 94.1. The molecule has 0 spiro atoms. The maximum atomic E-state index is 12.9. The number of rotatable bonds is 62. The standard InChI is InChI=1S/C75H128O6/c1-4-7-10-13-16-19-22-25-27-28-29-30-31-32-33-34-35-36-37-38-39-40-41-42-43-44-45-46-48-50-53-56-59-62-65-68-74(77)80-71-72(70-79-73(76)67-64-61-58-55-52-49-24-21-18-15-12-9-6-3)81-75(78)69-66-63-60-57-54-51-47-26-23-20-17-14-11-8-5-2/h7,9-10,12,16,18-19,21,25,27,29-30,32-33,35-36,49,52,72H,4-6,8,11,13-15,17,20,22-24,26,28,31,34,37-48,50-51,53-71H2,1-3H3/b10-7-,12-9-,19-16-,21-18-,27-25-,30-29-,33-32-,36-35-,52-49-. The first-order valence-electron chi connectivity index (χ1n) is 34.4. The van der Waals surface area contributed by atoms with Gasteiger partial charge in [-0.05, 0) is 103 Å². The van der Waals surface area contributed by atoms with Crippen molar-refractivity contribution in [2.75, 3.05) is 13.2 Å². The van der Waals surface area contributed by atoms with Gasteiger partial charge in [0, 0.05) is 19.3 Å². The lowest BCUT2D eigenvalue weighted by Gasteiger charge is -2.18. The minimum atomic E-state index is -0.788. The molecule has 464 valence electrons. The van der Waals surface area contributed by atoms with E-state index in [4.69, 9.17) is 14.2 Å². The first-order chi connectivity index (χ1) is 40.0. The van der Waals surface area contributed by atoms with Crippen molar-refractivity contribution in [3.05, 3.63) is 109 Å². The Morgan fingerprint density at radius 2 is 0.481 bits per heavy atom. The van der Waals surface area contributed by atoms with E-state index in [1.165, 1.54) is 167 Å². The fourth-order valence-corrected chi connectivity index (χ4v) is 9.70. The minimum Gasteiger partial charge on any atom is -0.462 e. The number of carbonyl (C=O) groups excluding carboxylic acids is 3. The summed E-state index contributed by atoms with van der Waals surface area (Å²) < 4.78 is 16.9. The highest BCUT2D eigenvalue weighted by Crippen LogP contribution is 2.17. The van der Waals surface area contributed by atoms with Gasteiger partial charge in [-0.15, -0.1) is 0 Å². The van der Waals surface area contributed by atoms with E-state index in [0.29, 0.717) is 19.3 Å². The Morgan fingerprint density at radius 3 is 0.765 bits per heavy atom. The second-order valence-corrected chi connectivity index (χ2v) is 22.7. The molecule has 0 radical (unpaired) electrons. The monoisotopic (exact) mass is 1120 g/mol. The zero-order valence-electron chi connectivity index (χ0n) is 53.3. The van der Waals surface area contributed by atoms with E-state index < -0.39 is 6.10 Å². The number of unbranched alkanes of at least 4 members (excludes halogenated alkanes) is 33. The molecule has 1 unspecified atom stereocenters. The van der Waals surface area contributed by atoms with Gasteiger partial charge >= 0.3 is 17.9 Å². The molecular formula is C75H128O6. The largest absolute Gasteiger partial charge is 0.462 e. The van der Waals surface area contributed by atoms with Crippen molar-refractivity contribution in [1.29, 1.82) is 0 Å². The predicted molar refractivity (Wildman–Crippen MR) is 353 cm³/mol. The van der Waals surface area contributed by atoms with Gasteiger partial charge in [-0.3, -0.25) is 14.4 Å². The highest BCUT2D eigenvalue weighted by molar-refractivity contribution is 5.71. The van der Waals surface area contributed by atoms with Crippen molar-refractivity contribution in [1.82, 2.24) is 0 Å². The molecule has 1 atom stereocenters. The summed E-state index contributed by atoms with van der Waals surface area (Å²) in [5, 5.41) is 0. The molecule has 0 saturated carbocycles. The van der Waals surface area contributed by atoms with Crippen LogP contribution in [0.15, 0.2) is 109 Å². The van der Waals surface area contributed by atoms with Crippen molar-refractivity contribution in [2.24, 2.45) is 0 Å². The van der Waals surface area contributed by atoms with Crippen molar-refractivity contribution in [2.45, 2.75) is 335 Å². The van der Waals surface area contributed by atoms with Gasteiger partial charge < -0.3 is 14.2 Å². The molecule has 0 rings (SSSR count). The molecule has 6 nitrogen and oxygen atoms in total. The lowest BCUT2D eigenvalue weighted by molar-refractivity contribution is -0.167. The molecule has 0 aromatic carbocycles. The molecule has 81 heavy (non-hydrogen) atoms. The Labute approximate surface area is 501 Å². The van der Waals surface area contributed by atoms with Crippen LogP contribution in [0, 0.1) is 0 Å². The third kappa shape index (κ3) is 66.8. The predicted octanol–water partition coefficient (Wildman–Crippen LogP) is 23.8. The third-order valence-electron chi connectivity index (χ3n) is 14.8. The smallest absolute Gasteiger partial charge is 0.306 e. The average Bonchev–Trinajstić information content (AvgIpc) is 3.46. The van der Waals surface area contributed by atoms with E-state index in [2.05, 4.69) is 130 Å². The molecule has 0 aliphatic rings. The van der Waals surface area contributed by atoms with E-state index >= 15 is 0 Å². The summed E-state index contributed by atoms with van der Waals surface area (Å²) in [5.41, 5.74) is 0. The van der Waals surface area contributed by atoms with Crippen LogP contribution >= 0.6 is 0 Å². The molecular weight excluding hydrogens is 997 g/mol. The summed E-state index contributed by atoms with van der Waals surface area (Å²) >= 11 is 0. The number of hydrogen-bond acceptors (Lipinski definition) is 6. The maximum absolute atomic E-state index is 12.9. The molecule has 0 aromatic heterocycles. The summed E-state index contributed by atoms with van der Waals surface area (Å²) in [4.78, 5) is 38.3. The normalized spacial score (nSPS) is 12.8. The van der Waals surface area contributed by atoms with E-state index in [9.17, 15) is 14.4 Å². The molecule has 0 amide bonds. The minimum absolute atomic E-state index is 0.0833. The fourth-order valence-electron chi connectivity index (χ4n) is 9.70. The highest BCUT2D eigenvalue weighted by atomic mass is 16.6. The quantitative estimate of drug-likeness (QED) is 0.0261. The summed E-state index contributed by atoms with van der Waals surface area (Å²) in [5.74, 6) is -0.900. The Kier molecular flexibility index (Phi) is 65.2. The molecule has 0 aliphatic heterocycles. The Hall–Kier alpha value is -3.93. The Bertz CT molecular complexity index is 1620. The molecule has 0 aliphatic carbocycles. The van der Waals surface area contributed by atoms with Gasteiger partial charge in [0.1, 0.15) is 13.2 Å². The number of carbonyl (C=O) groups is 3. The van der Waals surface area contributed by atoms with Crippen molar-refractivity contribution < 1.29 is 28.6 Å². The zero-order valence-corrected chi connectivity index (χ0v) is 53.3. The van der Waals surface area contributed by atoms with Gasteiger partial charge in [-0.25, -0.2) is 0 Å². The van der Waals surface area contributed by atoms with E-state index in [0.717, 1.165) is 122 Å². The van der Waals surface area contributed by atoms with E-state index in [-0.39, 0.29) is 31.1 Å². The van der Waals surface area contributed by atoms with Crippen molar-refractivity contribution >= 4 is 17.9 Å². The molecule has 0 aromatic rings. The Morgan fingerprint density at radius 1 is 0.259 bits per heavy atom. The van der Waals surface area contributed by atoms with Crippen LogP contribution in [0.3, 0.4) is 0 Å². The van der Waals surface area contributed by atoms with Crippen LogP contribution in [0.1, 0.15) is 329 Å². The van der Waals surface area contributed by atoms with Crippen LogP contribution in [-0.4, -0.2) is 37.2 Å². The van der Waals surface area contributed by atoms with Crippen molar-refractivity contribution in [3.63, 3.8) is 0 Å². The van der Waals surface area contributed by atoms with Crippen LogP contribution in [0.25, 0.3) is 0 Å². The second-order valence-electron chi connectivity index (χ2n) is 22.7. The maximum Gasteiger partial charge on any atom is 0.306 e. The van der Waals surface area contributed by atoms with Gasteiger partial charge in [0.2, 0.25) is 0 Å². The third-order valence-corrected chi connectivity index (χ3v) is 14.8. The molecule has 0 fully saturated rings. The number of ether oxygens (including phenoxy) is 3. The van der Waals surface area contributed by atoms with E-state index in [1.54, 1.807) is 0 Å². The van der Waals surface area contributed by atoms with Crippen LogP contribution in [-0.2, 0) is 28.6 Å². The molecule has 0 heterocycles. The Balaban J connectivity index is 4.14. The van der Waals surface area contributed by atoms with Gasteiger partial charge in [0.15, 0.2) is 6.10 Å². The number of hydrogen-bond donors (Lipinski definition) is 0. The van der Waals surface area contributed by atoms with Crippen LogP contribution in [0.2, 0.25) is 0 Å². The van der Waals surface area contributed by atoms with Crippen LogP contribution < -0.4 is 0 Å². The van der Waals surface area contributed by atoms with Gasteiger partial charge in [-0.1, -0.05) is 316 Å². The molecule has 0 saturated heterocycles. The van der Waals surface area contributed by atoms with Crippen LogP contribution in [0.4, 0.5) is 0 Å². The fraction of sp³-hybridized carbons (Fsp3) is 0.720. The second kappa shape index (κ2) is 68.6. The molecule has 0 N–H and O–H groups in total. The van der Waals surface area contributed by atoms with Gasteiger partial charge in [0.05, 0.1) is 0 Å². The first-order valence-corrected chi connectivity index (χ1v) is 34.4. The van der Waals surface area contributed by atoms with Gasteiger partial charge in [0.25, 0.3) is 0 Å². The lowest BCUT2D eigenvalue weighted by Crippen LogP contribution is -2.30. The van der Waals surface area contributed by atoms with Gasteiger partial charge in [-0.2, -0.15) is 0 Å².